The summed E-state index contributed by atoms with van der Waals surface area (Å²) in [6.07, 6.45) is 7.59. The van der Waals surface area contributed by atoms with E-state index in [2.05, 4.69) is 5.32 Å². The van der Waals surface area contributed by atoms with Gasteiger partial charge in [-0.1, -0.05) is 32.1 Å². The van der Waals surface area contributed by atoms with Crippen LogP contribution in [-0.2, 0) is 0 Å². The van der Waals surface area contributed by atoms with Crippen LogP contribution in [0.2, 0.25) is 0 Å². The van der Waals surface area contributed by atoms with Gasteiger partial charge in [-0.05, 0) is 26.2 Å². The maximum absolute atomic E-state index is 7.10. The Bertz CT molecular complexity index is 167. The smallest absolute Gasteiger partial charge is 0.0391 e. The molecule has 1 atom stereocenters. The molecule has 1 saturated carbocycles. The fourth-order valence-electron chi connectivity index (χ4n) is 1.98. The van der Waals surface area contributed by atoms with Crippen LogP contribution in [0.4, 0.5) is 0 Å². The van der Waals surface area contributed by atoms with E-state index in [1.807, 2.05) is 6.92 Å². The van der Waals surface area contributed by atoms with Crippen LogP contribution in [0.3, 0.4) is 0 Å². The van der Waals surface area contributed by atoms with Crippen molar-refractivity contribution in [3.63, 3.8) is 0 Å². The zero-order valence-corrected chi connectivity index (χ0v) is 8.62. The van der Waals surface area contributed by atoms with Gasteiger partial charge < -0.3 is 5.32 Å². The van der Waals surface area contributed by atoms with E-state index in [1.165, 1.54) is 32.1 Å². The van der Waals surface area contributed by atoms with Crippen molar-refractivity contribution >= 4 is 12.4 Å². The molecule has 0 aromatic carbocycles. The van der Waals surface area contributed by atoms with Gasteiger partial charge in [-0.25, -0.2) is 0 Å². The average Bonchev–Trinajstić information content (AvgIpc) is 2.02. The molecule has 1 fully saturated rings. The number of rotatable bonds is 3. The molecule has 2 heteroatoms. The highest BCUT2D eigenvalue weighted by Crippen LogP contribution is 2.26. The predicted molar refractivity (Wildman–Crippen MR) is 57.0 cm³/mol. The molecule has 1 unspecified atom stereocenters. The molecule has 0 amide bonds. The zero-order chi connectivity index (χ0) is 10.6. The fraction of sp³-hybridized carbons (Fsp3) is 1.00. The van der Waals surface area contributed by atoms with E-state index in [9.17, 15) is 0 Å². The fourth-order valence-corrected chi connectivity index (χ4v) is 1.98. The topological polar surface area (TPSA) is 12.0 Å². The van der Waals surface area contributed by atoms with Gasteiger partial charge in [-0.2, -0.15) is 0 Å². The van der Waals surface area contributed by atoms with Crippen LogP contribution in [0.1, 0.15) is 49.6 Å². The van der Waals surface area contributed by atoms with Crippen LogP contribution in [0.15, 0.2) is 0 Å². The van der Waals surface area contributed by atoms with E-state index in [-0.39, 0.29) is 18.4 Å². The third kappa shape index (κ3) is 4.32. The van der Waals surface area contributed by atoms with E-state index in [0.717, 1.165) is 12.3 Å². The maximum atomic E-state index is 7.10. The van der Waals surface area contributed by atoms with Gasteiger partial charge in [0.1, 0.15) is 0 Å². The van der Waals surface area contributed by atoms with Gasteiger partial charge in [0.05, 0.1) is 0 Å². The summed E-state index contributed by atoms with van der Waals surface area (Å²) in [5.41, 5.74) is 0. The van der Waals surface area contributed by atoms with Gasteiger partial charge in [-0.3, -0.25) is 0 Å². The molecule has 1 aliphatic rings. The molecule has 0 radical (unpaired) electrons. The second-order valence-corrected chi connectivity index (χ2v) is 3.79. The van der Waals surface area contributed by atoms with E-state index >= 15 is 0 Å². The van der Waals surface area contributed by atoms with Crippen LogP contribution in [0.25, 0.3) is 0 Å². The van der Waals surface area contributed by atoms with Crippen LogP contribution < -0.4 is 5.32 Å². The van der Waals surface area contributed by atoms with Crippen LogP contribution >= 0.6 is 12.4 Å². The Hall–Kier alpha value is 0.250. The Labute approximate surface area is 86.9 Å². The quantitative estimate of drug-likeness (QED) is 0.729. The number of hydrogen-bond acceptors (Lipinski definition) is 1. The molecule has 0 aromatic rings. The van der Waals surface area contributed by atoms with E-state index < -0.39 is 6.98 Å². The minimum atomic E-state index is -1.98. The second kappa shape index (κ2) is 6.73. The predicted octanol–water partition coefficient (Wildman–Crippen LogP) is 2.99. The van der Waals surface area contributed by atoms with Gasteiger partial charge in [0.2, 0.25) is 0 Å². The average molecular weight is 195 g/mol. The van der Waals surface area contributed by atoms with Gasteiger partial charge in [0, 0.05) is 10.2 Å². The molecule has 12 heavy (non-hydrogen) atoms. The van der Waals surface area contributed by atoms with Crippen molar-refractivity contribution in [2.75, 3.05) is 6.98 Å². The van der Waals surface area contributed by atoms with Gasteiger partial charge >= 0.3 is 0 Å². The van der Waals surface area contributed by atoms with Gasteiger partial charge in [0.15, 0.2) is 0 Å². The molecular formula is C10H22ClN. The van der Waals surface area contributed by atoms with Crippen molar-refractivity contribution in [2.45, 2.75) is 51.5 Å². The molecule has 1 N–H and O–H groups in total. The Morgan fingerprint density at radius 3 is 2.67 bits per heavy atom. The second-order valence-electron chi connectivity index (χ2n) is 3.79. The molecule has 0 bridgehead atoms. The summed E-state index contributed by atoms with van der Waals surface area (Å²) in [6, 6.07) is 0.116. The van der Waals surface area contributed by atoms with E-state index in [0.29, 0.717) is 0 Å². The summed E-state index contributed by atoms with van der Waals surface area (Å²) in [5, 5.41) is 2.67. The molecule has 0 aliphatic heterocycles. The first-order chi connectivity index (χ1) is 6.47. The summed E-state index contributed by atoms with van der Waals surface area (Å²) >= 11 is 0. The third-order valence-electron chi connectivity index (χ3n) is 2.66. The van der Waals surface area contributed by atoms with Gasteiger partial charge in [-0.15, -0.1) is 12.4 Å². The SMILES string of the molecule is Cl.[2H]C([2H])([2H])NC(C)CC1CCCCC1. The lowest BCUT2D eigenvalue weighted by atomic mass is 9.85. The Morgan fingerprint density at radius 2 is 2.08 bits per heavy atom. The number of hydrogen-bond donors (Lipinski definition) is 1. The zero-order valence-electron chi connectivity index (χ0n) is 10.8. The summed E-state index contributed by atoms with van der Waals surface area (Å²) in [7, 11) is 0. The summed E-state index contributed by atoms with van der Waals surface area (Å²) in [6.45, 7) is -0.00490. The molecule has 1 rings (SSSR count). The first-order valence-corrected chi connectivity index (χ1v) is 4.75. The molecular weight excluding hydrogens is 170 g/mol. The van der Waals surface area contributed by atoms with E-state index in [1.54, 1.807) is 0 Å². The van der Waals surface area contributed by atoms with Crippen molar-refractivity contribution in [1.29, 1.82) is 0 Å². The number of halogens is 1. The molecule has 0 aromatic heterocycles. The van der Waals surface area contributed by atoms with Crippen molar-refractivity contribution in [2.24, 2.45) is 5.92 Å². The van der Waals surface area contributed by atoms with Crippen LogP contribution in [0.5, 0.6) is 0 Å². The molecule has 0 saturated heterocycles. The van der Waals surface area contributed by atoms with Crippen molar-refractivity contribution in [3.05, 3.63) is 0 Å². The molecule has 1 nitrogen and oxygen atoms in total. The van der Waals surface area contributed by atoms with Crippen molar-refractivity contribution in [3.8, 4) is 0 Å². The first kappa shape index (κ1) is 7.64. The molecule has 1 aliphatic carbocycles. The maximum Gasteiger partial charge on any atom is 0.0391 e. The standard InChI is InChI=1S/C10H21N.ClH/c1-9(11-2)8-10-6-4-3-5-7-10;/h9-11H,3-8H2,1-2H3;1H/i2D3;. The highest BCUT2D eigenvalue weighted by Gasteiger charge is 2.14. The van der Waals surface area contributed by atoms with Crippen molar-refractivity contribution in [1.82, 2.24) is 5.32 Å². The summed E-state index contributed by atoms with van der Waals surface area (Å²) in [4.78, 5) is 0. The Kier molecular flexibility index (Phi) is 4.28. The van der Waals surface area contributed by atoms with Gasteiger partial charge in [0.25, 0.3) is 0 Å². The largest absolute Gasteiger partial charge is 0.317 e. The Balaban J connectivity index is 0.00000196. The number of nitrogens with one attached hydrogen (secondary N) is 1. The van der Waals surface area contributed by atoms with Crippen molar-refractivity contribution < 1.29 is 4.11 Å². The lowest BCUT2D eigenvalue weighted by Gasteiger charge is -2.24. The lowest BCUT2D eigenvalue weighted by Crippen LogP contribution is -2.25. The van der Waals surface area contributed by atoms with Crippen LogP contribution in [-0.4, -0.2) is 13.0 Å². The molecule has 0 heterocycles. The first-order valence-electron chi connectivity index (χ1n) is 6.25. The summed E-state index contributed by atoms with van der Waals surface area (Å²) in [5.74, 6) is 0.744. The molecule has 74 valence electrons. The normalized spacial score (nSPS) is 26.2. The highest BCUT2D eigenvalue weighted by molar-refractivity contribution is 5.85. The van der Waals surface area contributed by atoms with Crippen LogP contribution in [0, 0.1) is 5.92 Å². The minimum Gasteiger partial charge on any atom is -0.317 e. The van der Waals surface area contributed by atoms with E-state index in [4.69, 9.17) is 4.11 Å². The monoisotopic (exact) mass is 194 g/mol. The Morgan fingerprint density at radius 1 is 1.42 bits per heavy atom. The lowest BCUT2D eigenvalue weighted by molar-refractivity contribution is 0.311. The third-order valence-corrected chi connectivity index (χ3v) is 2.66. The summed E-state index contributed by atoms with van der Waals surface area (Å²) < 4.78 is 21.3. The minimum absolute atomic E-state index is 0. The molecule has 0 spiro atoms. The highest BCUT2D eigenvalue weighted by atomic mass is 35.5.